The standard InChI is InChI=1S/C40H45Cl2N7O7/c1-38(2)36(50)49(37(51)48(38)20-32-22-53-39(3,4)55-32)30-8-6-28(7-9-30)45-15-17-46(18-16-45)29-10-12-31(13-11-29)52-21-33-23-54-40(56-33,24-47-26-43-25-44-47)34-14-5-27(41)19-35(34)42/h5-14,19,25-26,32-33H,15-18,20-24H2,1-4H3. The molecular weight excluding hydrogens is 761 g/mol. The van der Waals surface area contributed by atoms with Gasteiger partial charge >= 0.3 is 6.03 Å². The number of carbonyl (C=O) groups excluding carboxylic acids is 2. The molecule has 296 valence electrons. The van der Waals surface area contributed by atoms with Crippen LogP contribution in [0.3, 0.4) is 0 Å². The third-order valence-electron chi connectivity index (χ3n) is 10.7. The van der Waals surface area contributed by atoms with Gasteiger partial charge in [0, 0.05) is 48.1 Å². The van der Waals surface area contributed by atoms with E-state index in [1.165, 1.54) is 11.2 Å². The van der Waals surface area contributed by atoms with E-state index >= 15 is 0 Å². The number of anilines is 3. The van der Waals surface area contributed by atoms with Crippen LogP contribution in [0.2, 0.25) is 10.0 Å². The summed E-state index contributed by atoms with van der Waals surface area (Å²) in [4.78, 5) is 38.7. The van der Waals surface area contributed by atoms with Crippen molar-refractivity contribution >= 4 is 52.2 Å². The molecule has 8 rings (SSSR count). The summed E-state index contributed by atoms with van der Waals surface area (Å²) in [6.07, 6.45) is 2.40. The summed E-state index contributed by atoms with van der Waals surface area (Å²) in [7, 11) is 0. The van der Waals surface area contributed by atoms with Gasteiger partial charge in [0.2, 0.25) is 5.79 Å². The van der Waals surface area contributed by atoms with E-state index in [-0.39, 0.29) is 43.8 Å². The number of carbonyl (C=O) groups is 2. The monoisotopic (exact) mass is 805 g/mol. The minimum atomic E-state index is -1.18. The van der Waals surface area contributed by atoms with Crippen molar-refractivity contribution in [3.05, 3.63) is 95.0 Å². The Balaban J connectivity index is 0.837. The van der Waals surface area contributed by atoms with Crippen molar-refractivity contribution in [1.29, 1.82) is 0 Å². The smallest absolute Gasteiger partial charge is 0.332 e. The van der Waals surface area contributed by atoms with Crippen LogP contribution < -0.4 is 19.4 Å². The molecular formula is C40H45Cl2N7O7. The number of imide groups is 1. The topological polar surface area (TPSA) is 124 Å². The third-order valence-corrected chi connectivity index (χ3v) is 11.3. The maximum Gasteiger partial charge on any atom is 0.332 e. The Morgan fingerprint density at radius 2 is 1.45 bits per heavy atom. The molecule has 3 atom stereocenters. The molecule has 16 heteroatoms. The zero-order chi connectivity index (χ0) is 39.2. The first kappa shape index (κ1) is 38.4. The number of aromatic nitrogens is 3. The molecule has 4 saturated heterocycles. The molecule has 0 saturated carbocycles. The zero-order valence-corrected chi connectivity index (χ0v) is 33.3. The number of nitrogens with zero attached hydrogens (tertiary/aromatic N) is 7. The van der Waals surface area contributed by atoms with Gasteiger partial charge in [-0.15, -0.1) is 0 Å². The Morgan fingerprint density at radius 1 is 0.804 bits per heavy atom. The van der Waals surface area contributed by atoms with Gasteiger partial charge in [-0.05, 0) is 88.4 Å². The molecule has 4 aromatic rings. The van der Waals surface area contributed by atoms with Crippen LogP contribution in [0, 0.1) is 0 Å². The van der Waals surface area contributed by atoms with Gasteiger partial charge in [-0.1, -0.05) is 29.3 Å². The number of rotatable bonds is 11. The molecule has 4 aliphatic heterocycles. The van der Waals surface area contributed by atoms with Crippen molar-refractivity contribution < 1.29 is 33.3 Å². The molecule has 3 unspecified atom stereocenters. The molecule has 3 aromatic carbocycles. The van der Waals surface area contributed by atoms with Crippen LogP contribution in [0.4, 0.5) is 21.9 Å². The van der Waals surface area contributed by atoms with Gasteiger partial charge in [0.05, 0.1) is 30.5 Å². The normalized spacial score (nSPS) is 24.8. The van der Waals surface area contributed by atoms with Crippen LogP contribution in [-0.4, -0.2) is 108 Å². The molecule has 14 nitrogen and oxygen atoms in total. The van der Waals surface area contributed by atoms with Crippen molar-refractivity contribution in [3.63, 3.8) is 0 Å². The quantitative estimate of drug-likeness (QED) is 0.167. The highest BCUT2D eigenvalue weighted by molar-refractivity contribution is 6.35. The Morgan fingerprint density at radius 3 is 2.05 bits per heavy atom. The predicted octanol–water partition coefficient (Wildman–Crippen LogP) is 5.96. The first-order valence-corrected chi connectivity index (χ1v) is 19.5. The number of halogens is 2. The molecule has 4 fully saturated rings. The maximum absolute atomic E-state index is 13.6. The van der Waals surface area contributed by atoms with Crippen LogP contribution in [0.15, 0.2) is 79.4 Å². The summed E-state index contributed by atoms with van der Waals surface area (Å²) in [5, 5.41) is 5.19. The molecule has 3 amide bonds. The number of urea groups is 1. The summed E-state index contributed by atoms with van der Waals surface area (Å²) in [6.45, 7) is 12.0. The number of amides is 3. The Kier molecular flexibility index (Phi) is 10.4. The molecule has 0 bridgehead atoms. The van der Waals surface area contributed by atoms with Gasteiger partial charge in [-0.25, -0.2) is 19.4 Å². The molecule has 4 aliphatic rings. The van der Waals surface area contributed by atoms with Gasteiger partial charge in [0.15, 0.2) is 5.79 Å². The first-order valence-electron chi connectivity index (χ1n) is 18.7. The van der Waals surface area contributed by atoms with Gasteiger partial charge < -0.3 is 38.4 Å². The van der Waals surface area contributed by atoms with E-state index in [9.17, 15) is 9.59 Å². The molecule has 0 aliphatic carbocycles. The fourth-order valence-corrected chi connectivity index (χ4v) is 8.24. The van der Waals surface area contributed by atoms with Gasteiger partial charge in [-0.2, -0.15) is 5.10 Å². The van der Waals surface area contributed by atoms with Crippen molar-refractivity contribution in [1.82, 2.24) is 19.7 Å². The summed E-state index contributed by atoms with van der Waals surface area (Å²) in [5.41, 5.74) is 2.33. The SMILES string of the molecule is CC1(C)OCC(CN2C(=O)N(c3ccc(N4CCN(c5ccc(OCC6COC(Cn7cncn7)(c7ccc(Cl)cc7Cl)O6)cc5)CC4)cc3)C(=O)C2(C)C)O1. The molecule has 0 N–H and O–H groups in total. The van der Waals surface area contributed by atoms with Crippen molar-refractivity contribution in [2.24, 2.45) is 0 Å². The number of piperazine rings is 1. The van der Waals surface area contributed by atoms with E-state index in [4.69, 9.17) is 46.9 Å². The highest BCUT2D eigenvalue weighted by Gasteiger charge is 2.53. The second kappa shape index (κ2) is 15.1. The summed E-state index contributed by atoms with van der Waals surface area (Å²) in [6, 6.07) is 20.6. The molecule has 1 aromatic heterocycles. The van der Waals surface area contributed by atoms with E-state index < -0.39 is 17.1 Å². The maximum atomic E-state index is 13.6. The average molecular weight is 807 g/mol. The Bertz CT molecular complexity index is 2040. The fourth-order valence-electron chi connectivity index (χ4n) is 7.69. The second-order valence-corrected chi connectivity index (χ2v) is 16.2. The fraction of sp³-hybridized carbons (Fsp3) is 0.450. The van der Waals surface area contributed by atoms with Crippen molar-refractivity contribution in [3.8, 4) is 5.75 Å². The second-order valence-electron chi connectivity index (χ2n) is 15.4. The van der Waals surface area contributed by atoms with Gasteiger partial charge in [-0.3, -0.25) is 4.79 Å². The number of benzene rings is 3. The van der Waals surface area contributed by atoms with E-state index in [0.717, 1.165) is 43.3 Å². The highest BCUT2D eigenvalue weighted by Crippen LogP contribution is 2.41. The van der Waals surface area contributed by atoms with Gasteiger partial charge in [0.1, 0.15) is 49.3 Å². The van der Waals surface area contributed by atoms with Crippen LogP contribution >= 0.6 is 23.2 Å². The van der Waals surface area contributed by atoms with E-state index in [0.29, 0.717) is 34.5 Å². The van der Waals surface area contributed by atoms with Crippen molar-refractivity contribution in [2.75, 3.05) is 67.2 Å². The van der Waals surface area contributed by atoms with Crippen LogP contribution in [0.25, 0.3) is 0 Å². The Hall–Kier alpha value is -4.44. The van der Waals surface area contributed by atoms with E-state index in [1.54, 1.807) is 48.0 Å². The van der Waals surface area contributed by atoms with Crippen molar-refractivity contribution in [2.45, 2.75) is 63.6 Å². The minimum absolute atomic E-state index is 0.253. The van der Waals surface area contributed by atoms with Crippen LogP contribution in [0.5, 0.6) is 5.75 Å². The largest absolute Gasteiger partial charge is 0.491 e. The number of hydrogen-bond donors (Lipinski definition) is 0. The average Bonchev–Trinajstić information content (AvgIpc) is 3.96. The van der Waals surface area contributed by atoms with E-state index in [2.05, 4.69) is 32.0 Å². The lowest BCUT2D eigenvalue weighted by Gasteiger charge is -2.37. The molecule has 56 heavy (non-hydrogen) atoms. The lowest BCUT2D eigenvalue weighted by Crippen LogP contribution is -2.48. The van der Waals surface area contributed by atoms with Crippen LogP contribution in [0.1, 0.15) is 33.3 Å². The lowest BCUT2D eigenvalue weighted by atomic mass is 10.0. The summed E-state index contributed by atoms with van der Waals surface area (Å²) < 4.78 is 32.2. The molecule has 0 spiro atoms. The Labute approximate surface area is 335 Å². The lowest BCUT2D eigenvalue weighted by molar-refractivity contribution is -0.190. The first-order chi connectivity index (χ1) is 26.8. The third kappa shape index (κ3) is 7.65. The number of ether oxygens (including phenoxy) is 5. The zero-order valence-electron chi connectivity index (χ0n) is 31.8. The molecule has 5 heterocycles. The number of hydrogen-bond acceptors (Lipinski definition) is 11. The summed E-state index contributed by atoms with van der Waals surface area (Å²) >= 11 is 12.8. The summed E-state index contributed by atoms with van der Waals surface area (Å²) in [5.74, 6) is -1.43. The van der Waals surface area contributed by atoms with Crippen LogP contribution in [-0.2, 0) is 36.1 Å². The molecule has 0 radical (unpaired) electrons. The minimum Gasteiger partial charge on any atom is -0.491 e. The highest BCUT2D eigenvalue weighted by atomic mass is 35.5. The van der Waals surface area contributed by atoms with Gasteiger partial charge in [0.25, 0.3) is 5.91 Å². The van der Waals surface area contributed by atoms with E-state index in [1.807, 2.05) is 50.2 Å². The predicted molar refractivity (Wildman–Crippen MR) is 210 cm³/mol.